The molecule has 1 fully saturated rings. The van der Waals surface area contributed by atoms with Crippen LogP contribution in [0.5, 0.6) is 0 Å². The molecule has 0 saturated carbocycles. The van der Waals surface area contributed by atoms with Crippen molar-refractivity contribution in [2.24, 2.45) is 0 Å². The molecule has 3 heteroatoms. The van der Waals surface area contributed by atoms with Gasteiger partial charge in [-0.1, -0.05) is 6.07 Å². The lowest BCUT2D eigenvalue weighted by Gasteiger charge is -2.29. The molecule has 3 nitrogen and oxygen atoms in total. The number of fused-ring (bicyclic) bond motifs is 1. The lowest BCUT2D eigenvalue weighted by Crippen LogP contribution is -2.36. The van der Waals surface area contributed by atoms with E-state index in [1.54, 1.807) is 0 Å². The Labute approximate surface area is 90.0 Å². The average molecular weight is 203 g/mol. The molecule has 2 heterocycles. The number of ether oxygens (including phenoxy) is 1. The van der Waals surface area contributed by atoms with E-state index in [4.69, 9.17) is 4.74 Å². The van der Waals surface area contributed by atoms with E-state index in [-0.39, 0.29) is 0 Å². The summed E-state index contributed by atoms with van der Waals surface area (Å²) in [7, 11) is 0. The van der Waals surface area contributed by atoms with Crippen LogP contribution in [0.3, 0.4) is 0 Å². The van der Waals surface area contributed by atoms with Crippen LogP contribution in [0.15, 0.2) is 18.2 Å². The van der Waals surface area contributed by atoms with E-state index in [0.29, 0.717) is 0 Å². The van der Waals surface area contributed by atoms with Gasteiger partial charge >= 0.3 is 0 Å². The molecule has 1 saturated heterocycles. The van der Waals surface area contributed by atoms with Crippen LogP contribution in [-0.4, -0.2) is 26.3 Å². The van der Waals surface area contributed by atoms with Gasteiger partial charge in [0.2, 0.25) is 0 Å². The summed E-state index contributed by atoms with van der Waals surface area (Å²) in [6.07, 6.45) is 0. The topological polar surface area (TPSA) is 26.6 Å². The van der Waals surface area contributed by atoms with Gasteiger partial charge in [0.25, 0.3) is 0 Å². The van der Waals surface area contributed by atoms with Crippen molar-refractivity contribution < 1.29 is 4.74 Å². The van der Waals surface area contributed by atoms with Crippen molar-refractivity contribution in [3.05, 3.63) is 29.3 Å². The summed E-state index contributed by atoms with van der Waals surface area (Å²) < 4.78 is 5.35. The maximum atomic E-state index is 5.35. The van der Waals surface area contributed by atoms with E-state index in [9.17, 15) is 0 Å². The van der Waals surface area contributed by atoms with Gasteiger partial charge in [-0.05, 0) is 23.3 Å². The Kier molecular flexibility index (Phi) is 2.35. The summed E-state index contributed by atoms with van der Waals surface area (Å²) in [4.78, 5) is 2.39. The lowest BCUT2D eigenvalue weighted by molar-refractivity contribution is 0.122. The summed E-state index contributed by atoms with van der Waals surface area (Å²) in [6, 6.07) is 6.72. The van der Waals surface area contributed by atoms with Crippen molar-refractivity contribution >= 4 is 5.69 Å². The smallest absolute Gasteiger partial charge is 0.0642 e. The number of benzene rings is 1. The second-order valence-electron chi connectivity index (χ2n) is 4.09. The number of nitrogens with zero attached hydrogens (tertiary/aromatic N) is 2. The Hall–Kier alpha value is -1.06. The zero-order valence-electron chi connectivity index (χ0n) is 8.78. The highest BCUT2D eigenvalue weighted by molar-refractivity contribution is 5.52. The zero-order chi connectivity index (χ0) is 10.1. The van der Waals surface area contributed by atoms with Crippen LogP contribution >= 0.6 is 0 Å². The van der Waals surface area contributed by atoms with Gasteiger partial charge in [-0.2, -0.15) is 0 Å². The number of rotatable bonds is 1. The van der Waals surface area contributed by atoms with Crippen LogP contribution in [0.1, 0.15) is 11.1 Å². The zero-order valence-corrected chi connectivity index (χ0v) is 8.78. The molecule has 0 N–H and O–H groups in total. The highest BCUT2D eigenvalue weighted by Crippen LogP contribution is 2.24. The SMILES string of the molecule is c1cc2c(cc1N1CCOCC1)C[N]C2. The number of hydrogen-bond donors (Lipinski definition) is 0. The van der Waals surface area contributed by atoms with E-state index in [1.165, 1.54) is 16.8 Å². The van der Waals surface area contributed by atoms with Crippen LogP contribution in [0.4, 0.5) is 5.69 Å². The van der Waals surface area contributed by atoms with Crippen molar-refractivity contribution in [1.29, 1.82) is 0 Å². The van der Waals surface area contributed by atoms with E-state index in [0.717, 1.165) is 39.4 Å². The Morgan fingerprint density at radius 3 is 2.73 bits per heavy atom. The van der Waals surface area contributed by atoms with Crippen LogP contribution in [0.2, 0.25) is 0 Å². The van der Waals surface area contributed by atoms with Gasteiger partial charge in [0, 0.05) is 31.9 Å². The van der Waals surface area contributed by atoms with Crippen molar-refractivity contribution in [2.45, 2.75) is 13.1 Å². The quantitative estimate of drug-likeness (QED) is 0.684. The highest BCUT2D eigenvalue weighted by Gasteiger charge is 2.15. The van der Waals surface area contributed by atoms with Gasteiger partial charge < -0.3 is 9.64 Å². The first-order valence-electron chi connectivity index (χ1n) is 5.51. The van der Waals surface area contributed by atoms with Crippen molar-refractivity contribution in [3.8, 4) is 0 Å². The number of hydrogen-bond acceptors (Lipinski definition) is 2. The molecule has 0 aromatic heterocycles. The highest BCUT2D eigenvalue weighted by atomic mass is 16.5. The third-order valence-corrected chi connectivity index (χ3v) is 3.13. The second-order valence-corrected chi connectivity index (χ2v) is 4.09. The molecule has 1 aromatic rings. The minimum atomic E-state index is 0.849. The maximum Gasteiger partial charge on any atom is 0.0642 e. The van der Waals surface area contributed by atoms with E-state index < -0.39 is 0 Å². The number of morpholine rings is 1. The molecule has 2 aliphatic heterocycles. The van der Waals surface area contributed by atoms with Gasteiger partial charge in [0.05, 0.1) is 13.2 Å². The Morgan fingerprint density at radius 1 is 1.07 bits per heavy atom. The predicted molar refractivity (Wildman–Crippen MR) is 59.0 cm³/mol. The van der Waals surface area contributed by atoms with Crippen molar-refractivity contribution in [2.75, 3.05) is 31.2 Å². The summed E-state index contributed by atoms with van der Waals surface area (Å²) in [5.74, 6) is 0. The minimum absolute atomic E-state index is 0.849. The molecule has 3 rings (SSSR count). The molecule has 0 aliphatic carbocycles. The summed E-state index contributed by atoms with van der Waals surface area (Å²) >= 11 is 0. The molecule has 15 heavy (non-hydrogen) atoms. The molecule has 0 atom stereocenters. The molecular formula is C12H15N2O. The van der Waals surface area contributed by atoms with Crippen LogP contribution in [0, 0.1) is 0 Å². The normalized spacial score (nSPS) is 20.4. The van der Waals surface area contributed by atoms with Crippen molar-refractivity contribution in [3.63, 3.8) is 0 Å². The van der Waals surface area contributed by atoms with Gasteiger partial charge in [0.15, 0.2) is 0 Å². The molecule has 1 radical (unpaired) electrons. The van der Waals surface area contributed by atoms with Gasteiger partial charge in [0.1, 0.15) is 0 Å². The Balaban J connectivity index is 1.85. The Bertz CT molecular complexity index is 359. The summed E-state index contributed by atoms with van der Waals surface area (Å²) in [5.41, 5.74) is 4.13. The summed E-state index contributed by atoms with van der Waals surface area (Å²) in [6.45, 7) is 5.51. The largest absolute Gasteiger partial charge is 0.378 e. The molecule has 1 aromatic carbocycles. The lowest BCUT2D eigenvalue weighted by atomic mass is 10.1. The number of anilines is 1. The first-order chi connectivity index (χ1) is 7.43. The fraction of sp³-hybridized carbons (Fsp3) is 0.500. The fourth-order valence-corrected chi connectivity index (χ4v) is 2.23. The Morgan fingerprint density at radius 2 is 1.87 bits per heavy atom. The van der Waals surface area contributed by atoms with Gasteiger partial charge in [-0.15, -0.1) is 0 Å². The van der Waals surface area contributed by atoms with Crippen LogP contribution in [0.25, 0.3) is 0 Å². The molecular weight excluding hydrogens is 188 g/mol. The molecule has 0 spiro atoms. The van der Waals surface area contributed by atoms with E-state index in [2.05, 4.69) is 28.4 Å². The van der Waals surface area contributed by atoms with Gasteiger partial charge in [-0.3, -0.25) is 0 Å². The van der Waals surface area contributed by atoms with E-state index >= 15 is 0 Å². The van der Waals surface area contributed by atoms with Crippen LogP contribution in [-0.2, 0) is 17.8 Å². The molecule has 0 unspecified atom stereocenters. The first-order valence-corrected chi connectivity index (χ1v) is 5.51. The van der Waals surface area contributed by atoms with Gasteiger partial charge in [-0.25, -0.2) is 5.32 Å². The maximum absolute atomic E-state index is 5.35. The van der Waals surface area contributed by atoms with E-state index in [1.807, 2.05) is 0 Å². The minimum Gasteiger partial charge on any atom is -0.378 e. The standard InChI is InChI=1S/C12H15N2O/c1-2-12(14-3-5-15-6-4-14)7-11-9-13-8-10(1)11/h1-2,7H,3-6,8-9H2. The molecule has 0 bridgehead atoms. The monoisotopic (exact) mass is 203 g/mol. The second kappa shape index (κ2) is 3.83. The molecule has 0 amide bonds. The molecule has 79 valence electrons. The first kappa shape index (κ1) is 9.19. The third kappa shape index (κ3) is 1.73. The van der Waals surface area contributed by atoms with Crippen LogP contribution < -0.4 is 10.2 Å². The van der Waals surface area contributed by atoms with Crippen molar-refractivity contribution in [1.82, 2.24) is 5.32 Å². The summed E-state index contributed by atoms with van der Waals surface area (Å²) in [5, 5.41) is 4.39. The third-order valence-electron chi connectivity index (χ3n) is 3.13. The average Bonchev–Trinajstić information content (AvgIpc) is 2.77. The predicted octanol–water partition coefficient (Wildman–Crippen LogP) is 1.14. The fourth-order valence-electron chi connectivity index (χ4n) is 2.23. The molecule has 2 aliphatic rings.